The number of amides is 1. The van der Waals surface area contributed by atoms with Gasteiger partial charge < -0.3 is 5.73 Å². The number of nitrogens with one attached hydrogen (secondary N) is 1. The van der Waals surface area contributed by atoms with Crippen LogP contribution in [0.15, 0.2) is 6.20 Å². The normalized spacial score (nSPS) is 10.7. The standard InChI is InChI=1S/C13H17N7O/c1-6(2)11-15-5-9(14)10(17-11)12(21)18-13-16-7(3)8(4)19-20-13/h5-6H,14H2,1-4H3,(H,16,18,20,21). The average Bonchev–Trinajstić information content (AvgIpc) is 2.43. The molecule has 2 rings (SSSR count). The summed E-state index contributed by atoms with van der Waals surface area (Å²) in [6.45, 7) is 7.45. The van der Waals surface area contributed by atoms with Gasteiger partial charge in [0.25, 0.3) is 5.91 Å². The molecule has 1 amide bonds. The van der Waals surface area contributed by atoms with Gasteiger partial charge in [-0.1, -0.05) is 13.8 Å². The predicted octanol–water partition coefficient (Wildman–Crippen LogP) is 1.24. The molecule has 0 aromatic carbocycles. The summed E-state index contributed by atoms with van der Waals surface area (Å²) in [5.74, 6) is 0.277. The van der Waals surface area contributed by atoms with Crippen molar-refractivity contribution < 1.29 is 4.79 Å². The number of anilines is 2. The molecule has 2 aromatic heterocycles. The van der Waals surface area contributed by atoms with Crippen molar-refractivity contribution in [1.82, 2.24) is 25.1 Å². The molecule has 0 aliphatic heterocycles. The number of carbonyl (C=O) groups excluding carboxylic acids is 1. The molecule has 0 saturated carbocycles. The molecule has 21 heavy (non-hydrogen) atoms. The van der Waals surface area contributed by atoms with Crippen molar-refractivity contribution in [2.75, 3.05) is 11.1 Å². The first-order valence-electron chi connectivity index (χ1n) is 6.50. The predicted molar refractivity (Wildman–Crippen MR) is 77.8 cm³/mol. The largest absolute Gasteiger partial charge is 0.396 e. The zero-order valence-electron chi connectivity index (χ0n) is 12.4. The second-order valence-electron chi connectivity index (χ2n) is 4.95. The molecule has 8 nitrogen and oxygen atoms in total. The molecule has 110 valence electrons. The second kappa shape index (κ2) is 5.78. The van der Waals surface area contributed by atoms with Gasteiger partial charge in [0.1, 0.15) is 5.82 Å². The summed E-state index contributed by atoms with van der Waals surface area (Å²) in [5.41, 5.74) is 7.46. The molecule has 8 heteroatoms. The number of carbonyl (C=O) groups is 1. The van der Waals surface area contributed by atoms with Gasteiger partial charge in [-0.25, -0.2) is 15.0 Å². The third-order valence-electron chi connectivity index (χ3n) is 2.88. The lowest BCUT2D eigenvalue weighted by molar-refractivity contribution is 0.102. The highest BCUT2D eigenvalue weighted by atomic mass is 16.2. The number of nitrogen functional groups attached to an aromatic ring is 1. The van der Waals surface area contributed by atoms with Crippen LogP contribution in [-0.4, -0.2) is 31.1 Å². The lowest BCUT2D eigenvalue weighted by atomic mass is 10.2. The Balaban J connectivity index is 2.27. The number of nitrogens with zero attached hydrogens (tertiary/aromatic N) is 5. The van der Waals surface area contributed by atoms with E-state index in [1.54, 1.807) is 13.8 Å². The molecule has 3 N–H and O–H groups in total. The summed E-state index contributed by atoms with van der Waals surface area (Å²) in [4.78, 5) is 24.6. The maximum Gasteiger partial charge on any atom is 0.278 e. The van der Waals surface area contributed by atoms with Gasteiger partial charge in [-0.2, -0.15) is 5.10 Å². The Morgan fingerprint density at radius 1 is 1.19 bits per heavy atom. The number of rotatable bonds is 3. The van der Waals surface area contributed by atoms with E-state index in [1.807, 2.05) is 13.8 Å². The van der Waals surface area contributed by atoms with E-state index in [0.717, 1.165) is 0 Å². The van der Waals surface area contributed by atoms with E-state index in [-0.39, 0.29) is 23.2 Å². The van der Waals surface area contributed by atoms with E-state index >= 15 is 0 Å². The van der Waals surface area contributed by atoms with E-state index in [0.29, 0.717) is 17.2 Å². The highest BCUT2D eigenvalue weighted by molar-refractivity contribution is 6.05. The SMILES string of the molecule is Cc1nnc(NC(=O)c2nc(C(C)C)ncc2N)nc1C. The summed E-state index contributed by atoms with van der Waals surface area (Å²) in [5, 5.41) is 10.3. The van der Waals surface area contributed by atoms with Crippen LogP contribution < -0.4 is 11.1 Å². The summed E-state index contributed by atoms with van der Waals surface area (Å²) < 4.78 is 0. The second-order valence-corrected chi connectivity index (χ2v) is 4.95. The third kappa shape index (κ3) is 3.28. The maximum absolute atomic E-state index is 12.2. The highest BCUT2D eigenvalue weighted by Gasteiger charge is 2.16. The Morgan fingerprint density at radius 2 is 1.90 bits per heavy atom. The van der Waals surface area contributed by atoms with Crippen molar-refractivity contribution in [2.24, 2.45) is 0 Å². The van der Waals surface area contributed by atoms with Crippen molar-refractivity contribution >= 4 is 17.5 Å². The molecule has 0 aliphatic rings. The van der Waals surface area contributed by atoms with Gasteiger partial charge in [0.15, 0.2) is 5.69 Å². The van der Waals surface area contributed by atoms with Crippen LogP contribution in [0.3, 0.4) is 0 Å². The first-order chi connectivity index (χ1) is 9.88. The monoisotopic (exact) mass is 287 g/mol. The molecule has 0 fully saturated rings. The number of hydrogen-bond acceptors (Lipinski definition) is 7. The van der Waals surface area contributed by atoms with Crippen molar-refractivity contribution in [2.45, 2.75) is 33.6 Å². The van der Waals surface area contributed by atoms with Gasteiger partial charge in [-0.15, -0.1) is 5.10 Å². The lowest BCUT2D eigenvalue weighted by Gasteiger charge is -2.09. The van der Waals surface area contributed by atoms with Gasteiger partial charge in [0.05, 0.1) is 23.3 Å². The average molecular weight is 287 g/mol. The Hall–Kier alpha value is -2.64. The quantitative estimate of drug-likeness (QED) is 0.871. The molecule has 2 aromatic rings. The number of aromatic nitrogens is 5. The highest BCUT2D eigenvalue weighted by Crippen LogP contribution is 2.14. The number of nitrogens with two attached hydrogens (primary N) is 1. The Labute approximate surface area is 122 Å². The topological polar surface area (TPSA) is 120 Å². The van der Waals surface area contributed by atoms with Crippen LogP contribution in [0.4, 0.5) is 11.6 Å². The van der Waals surface area contributed by atoms with Crippen LogP contribution in [0.1, 0.15) is 47.5 Å². The molecule has 2 heterocycles. The molecular formula is C13H17N7O. The minimum Gasteiger partial charge on any atom is -0.396 e. The summed E-state index contributed by atoms with van der Waals surface area (Å²) in [7, 11) is 0. The molecule has 0 radical (unpaired) electrons. The Morgan fingerprint density at radius 3 is 2.52 bits per heavy atom. The van der Waals surface area contributed by atoms with E-state index < -0.39 is 5.91 Å². The van der Waals surface area contributed by atoms with Gasteiger partial charge in [-0.05, 0) is 13.8 Å². The lowest BCUT2D eigenvalue weighted by Crippen LogP contribution is -2.20. The third-order valence-corrected chi connectivity index (χ3v) is 2.88. The van der Waals surface area contributed by atoms with Crippen LogP contribution in [-0.2, 0) is 0 Å². The number of aryl methyl sites for hydroxylation is 2. The molecular weight excluding hydrogens is 270 g/mol. The van der Waals surface area contributed by atoms with E-state index in [2.05, 4.69) is 30.5 Å². The molecule has 0 spiro atoms. The molecule has 0 atom stereocenters. The van der Waals surface area contributed by atoms with Crippen LogP contribution in [0.5, 0.6) is 0 Å². The first-order valence-corrected chi connectivity index (χ1v) is 6.50. The molecule has 0 saturated heterocycles. The minimum absolute atomic E-state index is 0.0942. The molecule has 0 unspecified atom stereocenters. The fourth-order valence-corrected chi connectivity index (χ4v) is 1.54. The smallest absolute Gasteiger partial charge is 0.278 e. The number of hydrogen-bond donors (Lipinski definition) is 2. The first kappa shape index (κ1) is 14.8. The maximum atomic E-state index is 12.2. The van der Waals surface area contributed by atoms with Crippen molar-refractivity contribution in [1.29, 1.82) is 0 Å². The fraction of sp³-hybridized carbons (Fsp3) is 0.385. The van der Waals surface area contributed by atoms with Gasteiger partial charge in [0.2, 0.25) is 5.95 Å². The van der Waals surface area contributed by atoms with E-state index in [1.165, 1.54) is 6.20 Å². The summed E-state index contributed by atoms with van der Waals surface area (Å²) in [6.07, 6.45) is 1.43. The van der Waals surface area contributed by atoms with E-state index in [9.17, 15) is 4.79 Å². The molecule has 0 aliphatic carbocycles. The molecule has 0 bridgehead atoms. The Kier molecular flexibility index (Phi) is 4.06. The fourth-order valence-electron chi connectivity index (χ4n) is 1.54. The van der Waals surface area contributed by atoms with Crippen LogP contribution in [0, 0.1) is 13.8 Å². The van der Waals surface area contributed by atoms with Crippen molar-refractivity contribution in [3.05, 3.63) is 29.1 Å². The van der Waals surface area contributed by atoms with Crippen LogP contribution in [0.25, 0.3) is 0 Å². The van der Waals surface area contributed by atoms with Crippen molar-refractivity contribution in [3.8, 4) is 0 Å². The zero-order valence-corrected chi connectivity index (χ0v) is 12.4. The van der Waals surface area contributed by atoms with Crippen molar-refractivity contribution in [3.63, 3.8) is 0 Å². The zero-order chi connectivity index (χ0) is 15.6. The Bertz CT molecular complexity index is 684. The van der Waals surface area contributed by atoms with Gasteiger partial charge in [-0.3, -0.25) is 10.1 Å². The summed E-state index contributed by atoms with van der Waals surface area (Å²) >= 11 is 0. The minimum atomic E-state index is -0.484. The van der Waals surface area contributed by atoms with E-state index in [4.69, 9.17) is 5.73 Å². The van der Waals surface area contributed by atoms with Crippen LogP contribution in [0.2, 0.25) is 0 Å². The van der Waals surface area contributed by atoms with Crippen LogP contribution >= 0.6 is 0 Å². The van der Waals surface area contributed by atoms with Gasteiger partial charge >= 0.3 is 0 Å². The van der Waals surface area contributed by atoms with Gasteiger partial charge in [0, 0.05) is 5.92 Å². The summed E-state index contributed by atoms with van der Waals surface area (Å²) in [6, 6.07) is 0.